The normalized spacial score (nSPS) is 18.1. The van der Waals surface area contributed by atoms with Gasteiger partial charge in [-0.25, -0.2) is 0 Å². The molecule has 1 fully saturated rings. The first-order valence-corrected chi connectivity index (χ1v) is 11.3. The Kier molecular flexibility index (Phi) is 5.45. The average molecular weight is 459 g/mol. The van der Waals surface area contributed by atoms with Crippen molar-refractivity contribution in [2.24, 2.45) is 0 Å². The highest BCUT2D eigenvalue weighted by Gasteiger charge is 2.42. The fraction of sp³-hybridized carbons (Fsp3) is 0.154. The van der Waals surface area contributed by atoms with E-state index in [1.54, 1.807) is 0 Å². The Hall–Kier alpha value is -3.15. The summed E-state index contributed by atoms with van der Waals surface area (Å²) < 4.78 is 2.25. The number of aryl methyl sites for hydroxylation is 1. The molecule has 0 aliphatic carbocycles. The average Bonchev–Trinajstić information content (AvgIpc) is 3.30. The Morgan fingerprint density at radius 2 is 1.66 bits per heavy atom. The second kappa shape index (κ2) is 8.41. The molecule has 3 heterocycles. The third kappa shape index (κ3) is 3.57. The number of hydrogen-bond acceptors (Lipinski definition) is 2. The third-order valence-electron chi connectivity index (χ3n) is 5.99. The lowest BCUT2D eigenvalue weighted by Crippen LogP contribution is -2.29. The van der Waals surface area contributed by atoms with Crippen LogP contribution in [-0.2, 0) is 0 Å². The molecule has 1 aliphatic heterocycles. The van der Waals surface area contributed by atoms with Crippen molar-refractivity contribution in [1.29, 1.82) is 0 Å². The molecule has 1 aliphatic rings. The molecule has 160 valence electrons. The van der Waals surface area contributed by atoms with Crippen LogP contribution in [-0.4, -0.2) is 14.7 Å². The minimum absolute atomic E-state index is 0.0427. The molecule has 2 atom stereocenters. The molecule has 4 nitrogen and oxygen atoms in total. The molecule has 5 rings (SSSR count). The SMILES string of the molecule is Cc1cc([C@H]2[C@@H](c3ccccn3)NC(=S)N2c2ccccc2)c(C)n1-c1cccc(Cl)c1. The first-order chi connectivity index (χ1) is 15.5. The number of pyridine rings is 1. The molecule has 32 heavy (non-hydrogen) atoms. The van der Waals surface area contributed by atoms with Crippen LogP contribution in [0.25, 0.3) is 5.69 Å². The van der Waals surface area contributed by atoms with Gasteiger partial charge in [0.2, 0.25) is 0 Å². The second-order valence-electron chi connectivity index (χ2n) is 7.97. The Bertz CT molecular complexity index is 1270. The Morgan fingerprint density at radius 3 is 2.38 bits per heavy atom. The van der Waals surface area contributed by atoms with Crippen LogP contribution in [0.4, 0.5) is 5.69 Å². The molecule has 0 amide bonds. The summed E-state index contributed by atoms with van der Waals surface area (Å²) in [4.78, 5) is 6.86. The fourth-order valence-electron chi connectivity index (χ4n) is 4.64. The summed E-state index contributed by atoms with van der Waals surface area (Å²) >= 11 is 12.1. The van der Waals surface area contributed by atoms with Crippen molar-refractivity contribution < 1.29 is 0 Å². The highest BCUT2D eigenvalue weighted by Crippen LogP contribution is 2.43. The lowest BCUT2D eigenvalue weighted by Gasteiger charge is -2.28. The molecule has 0 radical (unpaired) electrons. The largest absolute Gasteiger partial charge is 0.351 e. The fourth-order valence-corrected chi connectivity index (χ4v) is 5.17. The number of aromatic nitrogens is 2. The number of thiocarbonyl (C=S) groups is 1. The van der Waals surface area contributed by atoms with Crippen LogP contribution in [0.2, 0.25) is 5.02 Å². The standard InChI is InChI=1S/C26H23ClN4S/c1-17-15-22(18(2)30(17)21-12-8-9-19(27)16-21)25-24(23-13-6-7-14-28-23)29-26(32)31(25)20-10-4-3-5-11-20/h3-16,24-25H,1-2H3,(H,29,32)/t24-,25+/m1/s1. The Morgan fingerprint density at radius 1 is 0.906 bits per heavy atom. The highest BCUT2D eigenvalue weighted by molar-refractivity contribution is 7.80. The smallest absolute Gasteiger partial charge is 0.174 e. The van der Waals surface area contributed by atoms with Crippen molar-refractivity contribution in [3.63, 3.8) is 0 Å². The van der Waals surface area contributed by atoms with E-state index in [2.05, 4.69) is 63.9 Å². The van der Waals surface area contributed by atoms with Gasteiger partial charge in [-0.15, -0.1) is 0 Å². The van der Waals surface area contributed by atoms with Gasteiger partial charge in [0, 0.05) is 34.0 Å². The molecule has 4 aromatic rings. The molecule has 0 spiro atoms. The van der Waals surface area contributed by atoms with E-state index < -0.39 is 0 Å². The van der Waals surface area contributed by atoms with Crippen molar-refractivity contribution >= 4 is 34.6 Å². The summed E-state index contributed by atoms with van der Waals surface area (Å²) in [5.74, 6) is 0. The van der Waals surface area contributed by atoms with Gasteiger partial charge in [-0.3, -0.25) is 4.98 Å². The Balaban J connectivity index is 1.68. The molecule has 2 aromatic carbocycles. The second-order valence-corrected chi connectivity index (χ2v) is 8.80. The van der Waals surface area contributed by atoms with Gasteiger partial charge < -0.3 is 14.8 Å². The van der Waals surface area contributed by atoms with Gasteiger partial charge in [-0.05, 0) is 80.2 Å². The molecule has 1 N–H and O–H groups in total. The zero-order chi connectivity index (χ0) is 22.2. The first-order valence-electron chi connectivity index (χ1n) is 10.5. The first kappa shape index (κ1) is 20.7. The number of rotatable bonds is 4. The van der Waals surface area contributed by atoms with E-state index in [1.807, 2.05) is 54.7 Å². The minimum Gasteiger partial charge on any atom is -0.351 e. The molecule has 6 heteroatoms. The molecule has 0 bridgehead atoms. The summed E-state index contributed by atoms with van der Waals surface area (Å²) in [6.07, 6.45) is 1.83. The molecule has 1 saturated heterocycles. The van der Waals surface area contributed by atoms with Crippen molar-refractivity contribution in [2.45, 2.75) is 25.9 Å². The van der Waals surface area contributed by atoms with Crippen molar-refractivity contribution in [3.8, 4) is 5.69 Å². The maximum absolute atomic E-state index is 6.30. The van der Waals surface area contributed by atoms with Crippen molar-refractivity contribution in [1.82, 2.24) is 14.9 Å². The maximum Gasteiger partial charge on any atom is 0.174 e. The summed E-state index contributed by atoms with van der Waals surface area (Å²) in [7, 11) is 0. The summed E-state index contributed by atoms with van der Waals surface area (Å²) in [5, 5.41) is 4.96. The van der Waals surface area contributed by atoms with Gasteiger partial charge in [0.15, 0.2) is 5.11 Å². The van der Waals surface area contributed by atoms with E-state index in [9.17, 15) is 0 Å². The van der Waals surface area contributed by atoms with E-state index in [0.717, 1.165) is 33.5 Å². The van der Waals surface area contributed by atoms with Crippen molar-refractivity contribution in [3.05, 3.63) is 113 Å². The summed E-state index contributed by atoms with van der Waals surface area (Å²) in [6.45, 7) is 4.28. The van der Waals surface area contributed by atoms with Crippen LogP contribution in [0.1, 0.15) is 34.7 Å². The van der Waals surface area contributed by atoms with Crippen molar-refractivity contribution in [2.75, 3.05) is 4.90 Å². The van der Waals surface area contributed by atoms with E-state index in [0.29, 0.717) is 5.11 Å². The number of halogens is 1. The lowest BCUT2D eigenvalue weighted by molar-refractivity contribution is 0.565. The lowest BCUT2D eigenvalue weighted by atomic mass is 9.96. The van der Waals surface area contributed by atoms with Gasteiger partial charge in [0.25, 0.3) is 0 Å². The van der Waals surface area contributed by atoms with Gasteiger partial charge in [-0.2, -0.15) is 0 Å². The zero-order valence-electron chi connectivity index (χ0n) is 17.9. The van der Waals surface area contributed by atoms with Gasteiger partial charge in [0.05, 0.1) is 17.8 Å². The van der Waals surface area contributed by atoms with Crippen LogP contribution in [0, 0.1) is 13.8 Å². The van der Waals surface area contributed by atoms with Gasteiger partial charge >= 0.3 is 0 Å². The molecule has 0 unspecified atom stereocenters. The zero-order valence-corrected chi connectivity index (χ0v) is 19.4. The van der Waals surface area contributed by atoms with E-state index in [-0.39, 0.29) is 12.1 Å². The predicted molar refractivity (Wildman–Crippen MR) is 135 cm³/mol. The van der Waals surface area contributed by atoms with Crippen LogP contribution >= 0.6 is 23.8 Å². The number of nitrogens with zero attached hydrogens (tertiary/aromatic N) is 3. The quantitative estimate of drug-likeness (QED) is 0.363. The van der Waals surface area contributed by atoms with Crippen LogP contribution in [0.5, 0.6) is 0 Å². The molecular weight excluding hydrogens is 436 g/mol. The number of anilines is 1. The van der Waals surface area contributed by atoms with E-state index in [1.165, 1.54) is 5.56 Å². The molecule has 0 saturated carbocycles. The molecule has 2 aromatic heterocycles. The van der Waals surface area contributed by atoms with E-state index >= 15 is 0 Å². The minimum atomic E-state index is -0.0720. The van der Waals surface area contributed by atoms with Crippen LogP contribution in [0.15, 0.2) is 85.1 Å². The number of para-hydroxylation sites is 1. The monoisotopic (exact) mass is 458 g/mol. The third-order valence-corrected chi connectivity index (χ3v) is 6.54. The number of benzene rings is 2. The maximum atomic E-state index is 6.30. The van der Waals surface area contributed by atoms with Gasteiger partial charge in [0.1, 0.15) is 0 Å². The van der Waals surface area contributed by atoms with Crippen LogP contribution < -0.4 is 10.2 Å². The topological polar surface area (TPSA) is 33.1 Å². The number of hydrogen-bond donors (Lipinski definition) is 1. The van der Waals surface area contributed by atoms with E-state index in [4.69, 9.17) is 23.8 Å². The summed E-state index contributed by atoms with van der Waals surface area (Å²) in [5.41, 5.74) is 6.57. The highest BCUT2D eigenvalue weighted by atomic mass is 35.5. The number of nitrogens with one attached hydrogen (secondary N) is 1. The Labute approximate surface area is 198 Å². The predicted octanol–water partition coefficient (Wildman–Crippen LogP) is 6.32. The summed E-state index contributed by atoms with van der Waals surface area (Å²) in [6, 6.07) is 26.4. The van der Waals surface area contributed by atoms with Gasteiger partial charge in [-0.1, -0.05) is 41.9 Å². The molecular formula is C26H23ClN4S. The van der Waals surface area contributed by atoms with Crippen LogP contribution in [0.3, 0.4) is 0 Å².